The van der Waals surface area contributed by atoms with Crippen LogP contribution < -0.4 is 4.90 Å². The molecule has 1 N–H and O–H groups in total. The smallest absolute Gasteiger partial charge is 0.417 e. The van der Waals surface area contributed by atoms with Crippen molar-refractivity contribution in [2.45, 2.75) is 6.18 Å². The van der Waals surface area contributed by atoms with Crippen LogP contribution in [0.4, 0.5) is 23.2 Å². The summed E-state index contributed by atoms with van der Waals surface area (Å²) in [6.45, 7) is 0.993. The summed E-state index contributed by atoms with van der Waals surface area (Å²) in [6.07, 6.45) is -3.45. The number of nitrogens with zero attached hydrogens (tertiary/aromatic N) is 3. The number of benzene rings is 1. The zero-order valence-electron chi connectivity index (χ0n) is 14.4. The Morgan fingerprint density at radius 2 is 1.71 bits per heavy atom. The fraction of sp³-hybridized carbons (Fsp3) is 0.278. The number of carbonyl (C=O) groups is 2. The molecule has 28 heavy (non-hydrogen) atoms. The number of aromatic carboxylic acids is 1. The van der Waals surface area contributed by atoms with E-state index < -0.39 is 35.0 Å². The molecule has 0 bridgehead atoms. The van der Waals surface area contributed by atoms with Gasteiger partial charge in [-0.05, 0) is 30.3 Å². The molecule has 10 heteroatoms. The van der Waals surface area contributed by atoms with Crippen LogP contribution in [0.1, 0.15) is 26.4 Å². The highest BCUT2D eigenvalue weighted by Gasteiger charge is 2.37. The molecular formula is C18H15F4N3O3. The van der Waals surface area contributed by atoms with Crippen LogP contribution in [0.25, 0.3) is 0 Å². The Bertz CT molecular complexity index is 892. The van der Waals surface area contributed by atoms with Crippen LogP contribution in [0.3, 0.4) is 0 Å². The molecule has 0 radical (unpaired) electrons. The Kier molecular flexibility index (Phi) is 5.21. The number of carboxylic acids is 1. The first kappa shape index (κ1) is 19.6. The first-order valence-corrected chi connectivity index (χ1v) is 8.27. The lowest BCUT2D eigenvalue weighted by atomic mass is 10.0. The highest BCUT2D eigenvalue weighted by Crippen LogP contribution is 2.33. The highest BCUT2D eigenvalue weighted by molar-refractivity contribution is 5.96. The number of rotatable bonds is 3. The molecule has 1 fully saturated rings. The van der Waals surface area contributed by atoms with Gasteiger partial charge in [-0.3, -0.25) is 4.79 Å². The SMILES string of the molecule is O=C(O)c1ccc(N2CCN(C(=O)c3ccc(F)cc3C(F)(F)F)CC2)cn1. The van der Waals surface area contributed by atoms with E-state index in [0.717, 1.165) is 12.1 Å². The van der Waals surface area contributed by atoms with Crippen LogP contribution in [-0.4, -0.2) is 53.0 Å². The third-order valence-corrected chi connectivity index (χ3v) is 4.42. The van der Waals surface area contributed by atoms with Gasteiger partial charge in [0.2, 0.25) is 0 Å². The van der Waals surface area contributed by atoms with Crippen molar-refractivity contribution in [3.05, 3.63) is 59.2 Å². The summed E-state index contributed by atoms with van der Waals surface area (Å²) in [5, 5.41) is 8.86. The summed E-state index contributed by atoms with van der Waals surface area (Å²) >= 11 is 0. The van der Waals surface area contributed by atoms with E-state index in [9.17, 15) is 27.2 Å². The normalized spacial score (nSPS) is 14.9. The summed E-state index contributed by atoms with van der Waals surface area (Å²) in [5.74, 6) is -3.03. The van der Waals surface area contributed by atoms with Crippen molar-refractivity contribution in [3.8, 4) is 0 Å². The standard InChI is InChI=1S/C18H15F4N3O3/c19-11-1-3-13(14(9-11)18(20,21)22)16(26)25-7-5-24(6-8-25)12-2-4-15(17(27)28)23-10-12/h1-4,9-10H,5-8H2,(H,27,28). The van der Waals surface area contributed by atoms with Crippen LogP contribution >= 0.6 is 0 Å². The second kappa shape index (κ2) is 7.45. The van der Waals surface area contributed by atoms with Gasteiger partial charge < -0.3 is 14.9 Å². The predicted molar refractivity (Wildman–Crippen MR) is 90.7 cm³/mol. The van der Waals surface area contributed by atoms with Gasteiger partial charge in [0.1, 0.15) is 11.5 Å². The maximum Gasteiger partial charge on any atom is 0.417 e. The van der Waals surface area contributed by atoms with Gasteiger partial charge >= 0.3 is 12.1 Å². The van der Waals surface area contributed by atoms with Crippen LogP contribution in [0.5, 0.6) is 0 Å². The Labute approximate surface area is 157 Å². The molecule has 2 heterocycles. The summed E-state index contributed by atoms with van der Waals surface area (Å²) in [6, 6.07) is 4.92. The number of aromatic nitrogens is 1. The van der Waals surface area contributed by atoms with E-state index >= 15 is 0 Å². The van der Waals surface area contributed by atoms with Crippen LogP contribution in [0.15, 0.2) is 36.5 Å². The average molecular weight is 397 g/mol. The van der Waals surface area contributed by atoms with Crippen molar-refractivity contribution < 1.29 is 32.3 Å². The minimum absolute atomic E-state index is 0.103. The van der Waals surface area contributed by atoms with Gasteiger partial charge in [0.15, 0.2) is 0 Å². The molecule has 1 aliphatic heterocycles. The average Bonchev–Trinajstić information content (AvgIpc) is 2.67. The van der Waals surface area contributed by atoms with Gasteiger partial charge in [0, 0.05) is 26.2 Å². The Hall–Kier alpha value is -3.17. The van der Waals surface area contributed by atoms with E-state index in [2.05, 4.69) is 4.98 Å². The quantitative estimate of drug-likeness (QED) is 0.807. The molecule has 148 valence electrons. The van der Waals surface area contributed by atoms with Crippen LogP contribution in [-0.2, 0) is 6.18 Å². The van der Waals surface area contributed by atoms with E-state index in [1.807, 2.05) is 4.90 Å². The minimum atomic E-state index is -4.84. The summed E-state index contributed by atoms with van der Waals surface area (Å²) < 4.78 is 52.6. The molecule has 1 aliphatic rings. The second-order valence-corrected chi connectivity index (χ2v) is 6.17. The second-order valence-electron chi connectivity index (χ2n) is 6.17. The number of piperazine rings is 1. The number of hydrogen-bond acceptors (Lipinski definition) is 4. The van der Waals surface area contributed by atoms with Gasteiger partial charge in [-0.15, -0.1) is 0 Å². The van der Waals surface area contributed by atoms with Crippen molar-refractivity contribution in [2.75, 3.05) is 31.1 Å². The van der Waals surface area contributed by atoms with E-state index in [-0.39, 0.29) is 18.8 Å². The molecule has 1 aromatic heterocycles. The van der Waals surface area contributed by atoms with E-state index in [4.69, 9.17) is 5.11 Å². The highest BCUT2D eigenvalue weighted by atomic mass is 19.4. The molecule has 1 saturated heterocycles. The van der Waals surface area contributed by atoms with Crippen LogP contribution in [0.2, 0.25) is 0 Å². The molecule has 2 aromatic rings. The van der Waals surface area contributed by atoms with Gasteiger partial charge in [-0.1, -0.05) is 0 Å². The molecule has 0 unspecified atom stereocenters. The molecular weight excluding hydrogens is 382 g/mol. The van der Waals surface area contributed by atoms with Crippen molar-refractivity contribution >= 4 is 17.6 Å². The Balaban J connectivity index is 1.71. The topological polar surface area (TPSA) is 73.7 Å². The fourth-order valence-corrected chi connectivity index (χ4v) is 2.98. The van der Waals surface area contributed by atoms with Crippen molar-refractivity contribution in [3.63, 3.8) is 0 Å². The van der Waals surface area contributed by atoms with E-state index in [0.29, 0.717) is 24.8 Å². The molecule has 1 aromatic carbocycles. The van der Waals surface area contributed by atoms with Crippen LogP contribution in [0, 0.1) is 5.82 Å². The number of hydrogen-bond donors (Lipinski definition) is 1. The molecule has 1 amide bonds. The monoisotopic (exact) mass is 397 g/mol. The van der Waals surface area contributed by atoms with Gasteiger partial charge in [0.05, 0.1) is 23.0 Å². The number of carboxylic acid groups (broad SMARTS) is 1. The molecule has 0 saturated carbocycles. The molecule has 0 spiro atoms. The Morgan fingerprint density at radius 1 is 1.04 bits per heavy atom. The maximum atomic E-state index is 13.2. The van der Waals surface area contributed by atoms with Gasteiger partial charge in [-0.25, -0.2) is 14.2 Å². The maximum absolute atomic E-state index is 13.2. The summed E-state index contributed by atoms with van der Waals surface area (Å²) in [7, 11) is 0. The van der Waals surface area contributed by atoms with Crippen molar-refractivity contribution in [1.29, 1.82) is 0 Å². The summed E-state index contributed by atoms with van der Waals surface area (Å²) in [5.41, 5.74) is -1.34. The summed E-state index contributed by atoms with van der Waals surface area (Å²) in [4.78, 5) is 30.3. The van der Waals surface area contributed by atoms with Gasteiger partial charge in [0.25, 0.3) is 5.91 Å². The largest absolute Gasteiger partial charge is 0.477 e. The number of amides is 1. The lowest BCUT2D eigenvalue weighted by Crippen LogP contribution is -2.49. The fourth-order valence-electron chi connectivity index (χ4n) is 2.98. The van der Waals surface area contributed by atoms with E-state index in [1.165, 1.54) is 17.2 Å². The first-order chi connectivity index (χ1) is 13.2. The minimum Gasteiger partial charge on any atom is -0.477 e. The molecule has 6 nitrogen and oxygen atoms in total. The lowest BCUT2D eigenvalue weighted by Gasteiger charge is -2.36. The third-order valence-electron chi connectivity index (χ3n) is 4.42. The van der Waals surface area contributed by atoms with Gasteiger partial charge in [-0.2, -0.15) is 13.2 Å². The number of halogens is 4. The first-order valence-electron chi connectivity index (χ1n) is 8.27. The zero-order valence-corrected chi connectivity index (χ0v) is 14.4. The molecule has 0 atom stereocenters. The van der Waals surface area contributed by atoms with Crippen molar-refractivity contribution in [1.82, 2.24) is 9.88 Å². The van der Waals surface area contributed by atoms with Crippen molar-refractivity contribution in [2.24, 2.45) is 0 Å². The molecule has 3 rings (SSSR count). The lowest BCUT2D eigenvalue weighted by molar-refractivity contribution is -0.138. The van der Waals surface area contributed by atoms with E-state index in [1.54, 1.807) is 6.07 Å². The number of anilines is 1. The Morgan fingerprint density at radius 3 is 2.25 bits per heavy atom. The number of pyridine rings is 1. The predicted octanol–water partition coefficient (Wildman–Crippen LogP) is 2.90. The zero-order chi connectivity index (χ0) is 20.5. The number of carbonyl (C=O) groups excluding carboxylic acids is 1. The number of alkyl halides is 3. The third kappa shape index (κ3) is 4.05. The molecule has 0 aliphatic carbocycles.